The second-order valence-corrected chi connectivity index (χ2v) is 16.3. The summed E-state index contributed by atoms with van der Waals surface area (Å²) in [4.78, 5) is 0. The third kappa shape index (κ3) is 6.10. The quantitative estimate of drug-likeness (QED) is 0.372. The van der Waals surface area contributed by atoms with Crippen LogP contribution in [0.25, 0.3) is 0 Å². The van der Waals surface area contributed by atoms with Gasteiger partial charge in [-0.1, -0.05) is 60.1 Å². The van der Waals surface area contributed by atoms with Gasteiger partial charge in [0.2, 0.25) is 0 Å². The van der Waals surface area contributed by atoms with E-state index in [1.807, 2.05) is 47.1 Å². The van der Waals surface area contributed by atoms with Crippen molar-refractivity contribution in [3.05, 3.63) is 11.6 Å². The smallest absolute Gasteiger partial charge is 0.0657 e. The van der Waals surface area contributed by atoms with Gasteiger partial charge in [-0.15, -0.1) is 10.3 Å². The molecule has 0 bridgehead atoms. The lowest BCUT2D eigenvalue weighted by Gasteiger charge is -2.59. The molecule has 0 aromatic carbocycles. The van der Waals surface area contributed by atoms with E-state index in [4.69, 9.17) is 0 Å². The number of fused-ring (bicyclic) bond motifs is 5. The average molecular weight is 497 g/mol. The fourth-order valence-corrected chi connectivity index (χ4v) is 9.61. The molecule has 4 aliphatic carbocycles. The van der Waals surface area contributed by atoms with Crippen LogP contribution in [-0.2, 0) is 0 Å². The Kier molecular flexibility index (Phi) is 10.3. The molecule has 3 heteroatoms. The monoisotopic (exact) mass is 496 g/mol. The summed E-state index contributed by atoms with van der Waals surface area (Å²) in [5.74, 6) is 5.24. The summed E-state index contributed by atoms with van der Waals surface area (Å²) in [6.07, 6.45) is 19.1. The van der Waals surface area contributed by atoms with E-state index in [0.717, 1.165) is 48.2 Å². The largest absolute Gasteiger partial charge is 0.390 e. The minimum Gasteiger partial charge on any atom is -0.390 e. The molecule has 202 valence electrons. The van der Waals surface area contributed by atoms with Gasteiger partial charge in [-0.25, -0.2) is 0 Å². The number of hydrogen-bond acceptors (Lipinski definition) is 2. The maximum absolute atomic E-state index is 10.7. The highest BCUT2D eigenvalue weighted by Gasteiger charge is 2.59. The van der Waals surface area contributed by atoms with Gasteiger partial charge in [0.15, 0.2) is 0 Å². The second-order valence-electron chi connectivity index (χ2n) is 13.0. The third-order valence-electron chi connectivity index (χ3n) is 10.4. The first-order chi connectivity index (χ1) is 15.9. The van der Waals surface area contributed by atoms with Crippen LogP contribution in [-0.4, -0.2) is 33.5 Å². The van der Waals surface area contributed by atoms with E-state index in [0.29, 0.717) is 10.8 Å². The highest BCUT2D eigenvalue weighted by molar-refractivity contribution is 8.28. The molecule has 2 N–H and O–H groups in total. The van der Waals surface area contributed by atoms with Crippen LogP contribution in [0, 0.1) is 40.4 Å². The fraction of sp³-hybridized carbons (Fsp3) is 0.935. The van der Waals surface area contributed by atoms with Crippen molar-refractivity contribution in [3.63, 3.8) is 0 Å². The molecule has 8 atom stereocenters. The van der Waals surface area contributed by atoms with Crippen LogP contribution < -0.4 is 0 Å². The minimum absolute atomic E-state index is 0.339. The van der Waals surface area contributed by atoms with Gasteiger partial charge in [0.1, 0.15) is 0 Å². The van der Waals surface area contributed by atoms with Crippen molar-refractivity contribution >= 4 is 10.3 Å². The minimum atomic E-state index is -1.35. The molecule has 6 unspecified atom stereocenters. The van der Waals surface area contributed by atoms with Crippen LogP contribution in [0.2, 0.25) is 0 Å². The summed E-state index contributed by atoms with van der Waals surface area (Å²) in [6, 6.07) is 0. The first-order valence-electron chi connectivity index (χ1n) is 14.7. The Balaban J connectivity index is 0.000000970. The van der Waals surface area contributed by atoms with Crippen LogP contribution in [0.4, 0.5) is 0 Å². The molecule has 4 aliphatic rings. The van der Waals surface area contributed by atoms with Gasteiger partial charge in [-0.05, 0) is 130 Å². The highest BCUT2D eigenvalue weighted by atomic mass is 32.3. The lowest BCUT2D eigenvalue weighted by atomic mass is 9.46. The Morgan fingerprint density at radius 1 is 0.971 bits per heavy atom. The molecule has 0 aromatic rings. The molecule has 3 fully saturated rings. The molecule has 0 aliphatic heterocycles. The van der Waals surface area contributed by atoms with Crippen LogP contribution in [0.15, 0.2) is 11.6 Å². The maximum Gasteiger partial charge on any atom is 0.0657 e. The zero-order valence-electron chi connectivity index (χ0n) is 24.5. The van der Waals surface area contributed by atoms with Gasteiger partial charge in [-0.3, -0.25) is 0 Å². The van der Waals surface area contributed by atoms with E-state index < -0.39 is 15.9 Å². The fourth-order valence-electron chi connectivity index (χ4n) is 8.74. The van der Waals surface area contributed by atoms with Crippen LogP contribution in [0.3, 0.4) is 0 Å². The first-order valence-corrected chi connectivity index (χ1v) is 17.3. The number of allylic oxidation sites excluding steroid dienone is 1. The van der Waals surface area contributed by atoms with Crippen LogP contribution in [0.1, 0.15) is 120 Å². The zero-order chi connectivity index (χ0) is 25.9. The number of rotatable bonds is 5. The van der Waals surface area contributed by atoms with Gasteiger partial charge < -0.3 is 9.66 Å². The Hall–Kier alpha value is 0.01000. The van der Waals surface area contributed by atoms with E-state index in [1.54, 1.807) is 5.57 Å². The Bertz CT molecular complexity index is 677. The summed E-state index contributed by atoms with van der Waals surface area (Å²) in [6.45, 7) is 17.7. The molecular formula is C31H60O2S. The van der Waals surface area contributed by atoms with Crippen molar-refractivity contribution in [3.8, 4) is 0 Å². The molecule has 2 nitrogen and oxygen atoms in total. The second kappa shape index (κ2) is 11.6. The van der Waals surface area contributed by atoms with Gasteiger partial charge >= 0.3 is 0 Å². The van der Waals surface area contributed by atoms with Gasteiger partial charge in [-0.2, -0.15) is 0 Å². The van der Waals surface area contributed by atoms with Gasteiger partial charge in [0.05, 0.1) is 5.60 Å². The average Bonchev–Trinajstić information content (AvgIpc) is 3.13. The molecule has 34 heavy (non-hydrogen) atoms. The van der Waals surface area contributed by atoms with E-state index >= 15 is 0 Å². The third-order valence-corrected chi connectivity index (χ3v) is 11.7. The lowest BCUT2D eigenvalue weighted by molar-refractivity contribution is -0.0705. The van der Waals surface area contributed by atoms with E-state index in [9.17, 15) is 9.66 Å². The first kappa shape index (κ1) is 30.2. The van der Waals surface area contributed by atoms with Gasteiger partial charge in [0.25, 0.3) is 0 Å². The molecule has 0 heterocycles. The predicted molar refractivity (Wildman–Crippen MR) is 154 cm³/mol. The zero-order valence-corrected chi connectivity index (χ0v) is 25.4. The summed E-state index contributed by atoms with van der Waals surface area (Å²) < 4.78 is 10.2. The van der Waals surface area contributed by atoms with Gasteiger partial charge in [0, 0.05) is 0 Å². The molecule has 0 spiro atoms. The topological polar surface area (TPSA) is 40.5 Å². The Morgan fingerprint density at radius 2 is 1.62 bits per heavy atom. The standard InChI is InChI=1S/C27H48O2S.2C2H6/c1-19(8-7-17-30(5,6)29)22-11-12-23-21-10-9-20-18-25(2,28)15-16-26(20,3)24(21)13-14-27(22,23)4;2*1-2/h9,19,21-24,28-29H,7-8,10-18H2,1-6H3;2*1-2H3/t19-,21?,22?,23?,24?,25+,26?,27?;;/m1../s1. The predicted octanol–water partition coefficient (Wildman–Crippen LogP) is 9.32. The van der Waals surface area contributed by atoms with Crippen molar-refractivity contribution < 1.29 is 9.66 Å². The van der Waals surface area contributed by atoms with E-state index in [-0.39, 0.29) is 0 Å². The lowest BCUT2D eigenvalue weighted by Crippen LogP contribution is -2.52. The maximum atomic E-state index is 10.7. The van der Waals surface area contributed by atoms with Crippen molar-refractivity contribution in [2.45, 2.75) is 125 Å². The van der Waals surface area contributed by atoms with Crippen molar-refractivity contribution in [2.75, 3.05) is 18.3 Å². The number of aliphatic hydroxyl groups is 1. The molecule has 0 radical (unpaired) electrons. The Morgan fingerprint density at radius 3 is 2.24 bits per heavy atom. The van der Waals surface area contributed by atoms with Crippen molar-refractivity contribution in [1.82, 2.24) is 0 Å². The van der Waals surface area contributed by atoms with E-state index in [2.05, 4.69) is 26.8 Å². The summed E-state index contributed by atoms with van der Waals surface area (Å²) in [7, 11) is -1.35. The van der Waals surface area contributed by atoms with Crippen molar-refractivity contribution in [1.29, 1.82) is 0 Å². The molecule has 0 amide bonds. The molecular weight excluding hydrogens is 436 g/mol. The summed E-state index contributed by atoms with van der Waals surface area (Å²) >= 11 is 0. The van der Waals surface area contributed by atoms with Crippen molar-refractivity contribution in [2.24, 2.45) is 40.4 Å². The summed E-state index contributed by atoms with van der Waals surface area (Å²) in [5, 5.41) is 10.7. The molecule has 0 aromatic heterocycles. The SMILES string of the molecule is CC.CC.C[C@H](CCCS(C)(C)O)C1CCC2C3CC=C4C[C@@](C)(O)CCC4(C)C3CCC21C. The summed E-state index contributed by atoms with van der Waals surface area (Å²) in [5.41, 5.74) is 1.95. The molecule has 4 rings (SSSR count). The molecule has 0 saturated heterocycles. The van der Waals surface area contributed by atoms with Crippen LogP contribution >= 0.6 is 10.3 Å². The number of hydrogen-bond donors (Lipinski definition) is 2. The van der Waals surface area contributed by atoms with E-state index in [1.165, 1.54) is 51.4 Å². The normalized spacial score (nSPS) is 42.4. The Labute approximate surface area is 215 Å². The molecule has 3 saturated carbocycles. The van der Waals surface area contributed by atoms with Crippen LogP contribution in [0.5, 0.6) is 0 Å². The highest BCUT2D eigenvalue weighted by Crippen LogP contribution is 2.67.